The summed E-state index contributed by atoms with van der Waals surface area (Å²) in [7, 11) is 0. The lowest BCUT2D eigenvalue weighted by Gasteiger charge is -2.39. The molecule has 0 unspecified atom stereocenters. The first-order valence-electron chi connectivity index (χ1n) is 9.40. The zero-order valence-electron chi connectivity index (χ0n) is 16.4. The third kappa shape index (κ3) is 4.61. The molecule has 1 saturated heterocycles. The Kier molecular flexibility index (Phi) is 6.87. The van der Waals surface area contributed by atoms with Crippen molar-refractivity contribution in [3.05, 3.63) is 47.5 Å². The van der Waals surface area contributed by atoms with Gasteiger partial charge in [0.1, 0.15) is 24.4 Å². The predicted octanol–water partition coefficient (Wildman–Crippen LogP) is -0.416. The molecular formula is C21H22O11. The van der Waals surface area contributed by atoms with E-state index in [0.29, 0.717) is 5.56 Å². The van der Waals surface area contributed by atoms with Gasteiger partial charge in [0.15, 0.2) is 28.8 Å². The lowest BCUT2D eigenvalue weighted by atomic mass is 9.99. The van der Waals surface area contributed by atoms with Gasteiger partial charge >= 0.3 is 0 Å². The first-order chi connectivity index (χ1) is 15.1. The second kappa shape index (κ2) is 9.42. The van der Waals surface area contributed by atoms with Crippen LogP contribution in [-0.4, -0.2) is 83.9 Å². The molecule has 0 radical (unpaired) electrons. The third-order valence-electron chi connectivity index (χ3n) is 4.89. The molecule has 0 aromatic heterocycles. The number of allylic oxidation sites excluding steroid dienone is 1. The van der Waals surface area contributed by atoms with E-state index in [1.54, 1.807) is 0 Å². The second-order valence-corrected chi connectivity index (χ2v) is 7.07. The van der Waals surface area contributed by atoms with Gasteiger partial charge in [-0.15, -0.1) is 0 Å². The number of ether oxygens (including phenoxy) is 2. The topological polar surface area (TPSA) is 197 Å². The van der Waals surface area contributed by atoms with Crippen molar-refractivity contribution in [3.63, 3.8) is 0 Å². The Balaban J connectivity index is 1.84. The van der Waals surface area contributed by atoms with Gasteiger partial charge in [0.25, 0.3) is 0 Å². The Bertz CT molecular complexity index is 1020. The first kappa shape index (κ1) is 23.3. The number of hydrogen-bond donors (Lipinski definition) is 8. The molecule has 2 aromatic carbocycles. The van der Waals surface area contributed by atoms with Crippen LogP contribution in [0.1, 0.15) is 15.9 Å². The van der Waals surface area contributed by atoms with E-state index < -0.39 is 60.3 Å². The second-order valence-electron chi connectivity index (χ2n) is 7.07. The zero-order valence-corrected chi connectivity index (χ0v) is 16.4. The molecule has 0 amide bonds. The smallest absolute Gasteiger partial charge is 0.229 e. The van der Waals surface area contributed by atoms with E-state index in [-0.39, 0.29) is 17.1 Å². The van der Waals surface area contributed by atoms with Gasteiger partial charge in [0.2, 0.25) is 12.0 Å². The minimum Gasteiger partial charge on any atom is -0.504 e. The van der Waals surface area contributed by atoms with Crippen LogP contribution in [-0.2, 0) is 4.74 Å². The Morgan fingerprint density at radius 1 is 0.938 bits per heavy atom. The van der Waals surface area contributed by atoms with Gasteiger partial charge in [-0.2, -0.15) is 0 Å². The van der Waals surface area contributed by atoms with Crippen molar-refractivity contribution < 1.29 is 55.1 Å². The number of phenols is 4. The molecule has 5 atom stereocenters. The Labute approximate surface area is 181 Å². The van der Waals surface area contributed by atoms with E-state index in [9.17, 15) is 45.6 Å². The maximum absolute atomic E-state index is 12.5. The lowest BCUT2D eigenvalue weighted by molar-refractivity contribution is -0.277. The number of aliphatic hydroxyl groups excluding tert-OH is 4. The molecule has 8 N–H and O–H groups in total. The highest BCUT2D eigenvalue weighted by Crippen LogP contribution is 2.40. The summed E-state index contributed by atoms with van der Waals surface area (Å²) in [6, 6.07) is 6.04. The van der Waals surface area contributed by atoms with Crippen LogP contribution in [0, 0.1) is 0 Å². The normalized spacial score (nSPS) is 25.7. The van der Waals surface area contributed by atoms with E-state index in [1.807, 2.05) is 0 Å². The fourth-order valence-corrected chi connectivity index (χ4v) is 3.06. The van der Waals surface area contributed by atoms with Gasteiger partial charge in [0, 0.05) is 0 Å². The van der Waals surface area contributed by atoms with Crippen LogP contribution in [0.5, 0.6) is 28.7 Å². The summed E-state index contributed by atoms with van der Waals surface area (Å²) < 4.78 is 10.4. The number of phenolic OH excluding ortho intramolecular Hbond substituents is 4. The van der Waals surface area contributed by atoms with Crippen molar-refractivity contribution in [1.29, 1.82) is 0 Å². The molecule has 0 aliphatic carbocycles. The number of rotatable bonds is 6. The van der Waals surface area contributed by atoms with Crippen molar-refractivity contribution in [2.45, 2.75) is 30.7 Å². The summed E-state index contributed by atoms with van der Waals surface area (Å²) in [5, 5.41) is 78.3. The highest BCUT2D eigenvalue weighted by molar-refractivity contribution is 6.09. The highest BCUT2D eigenvalue weighted by Gasteiger charge is 2.45. The number of ketones is 1. The van der Waals surface area contributed by atoms with Crippen LogP contribution in [0.15, 0.2) is 36.4 Å². The standard InChI is InChI=1S/C21H22O11/c22-8-15-17(28)18(29)19(30)21(31-15)32-20-13(25)6-3-10(16(20)27)11(23)4-1-9-2-5-12(24)14(26)7-9/h1-7,15,17-19,21-22,24-30H,8H2/b4-1+/t15-,17-,18+,19-,21+/m1/s1. The maximum atomic E-state index is 12.5. The predicted molar refractivity (Wildman–Crippen MR) is 107 cm³/mol. The van der Waals surface area contributed by atoms with E-state index in [2.05, 4.69) is 0 Å². The number of carbonyl (C=O) groups is 1. The van der Waals surface area contributed by atoms with Gasteiger partial charge in [-0.1, -0.05) is 12.1 Å². The number of aliphatic hydroxyl groups is 4. The molecule has 1 aliphatic heterocycles. The van der Waals surface area contributed by atoms with E-state index in [4.69, 9.17) is 9.47 Å². The largest absolute Gasteiger partial charge is 0.504 e. The Morgan fingerprint density at radius 3 is 2.28 bits per heavy atom. The minimum atomic E-state index is -1.80. The third-order valence-corrected chi connectivity index (χ3v) is 4.89. The van der Waals surface area contributed by atoms with E-state index >= 15 is 0 Å². The summed E-state index contributed by atoms with van der Waals surface area (Å²) in [5.74, 6) is -3.46. The van der Waals surface area contributed by atoms with Gasteiger partial charge in [-0.05, 0) is 35.9 Å². The summed E-state index contributed by atoms with van der Waals surface area (Å²) in [6.07, 6.45) is -5.77. The fraction of sp³-hybridized carbons (Fsp3) is 0.286. The lowest BCUT2D eigenvalue weighted by Crippen LogP contribution is -2.60. The molecule has 172 valence electrons. The molecule has 1 heterocycles. The van der Waals surface area contributed by atoms with E-state index in [1.165, 1.54) is 24.3 Å². The molecule has 0 bridgehead atoms. The van der Waals surface area contributed by atoms with Crippen LogP contribution >= 0.6 is 0 Å². The number of aromatic hydroxyl groups is 4. The molecule has 0 spiro atoms. The molecule has 1 fully saturated rings. The molecule has 0 saturated carbocycles. The van der Waals surface area contributed by atoms with Crippen LogP contribution in [0.4, 0.5) is 0 Å². The minimum absolute atomic E-state index is 0.290. The number of hydrogen-bond acceptors (Lipinski definition) is 11. The summed E-state index contributed by atoms with van der Waals surface area (Å²) in [6.45, 7) is -0.709. The van der Waals surface area contributed by atoms with Crippen LogP contribution < -0.4 is 4.74 Å². The fourth-order valence-electron chi connectivity index (χ4n) is 3.06. The SMILES string of the molecule is O=C(/C=C/c1ccc(O)c(O)c1)c1ccc(O)c(O[C@@H]2O[C@H](CO)[C@@H](O)[C@H](O)[C@H]2O)c1O. The van der Waals surface area contributed by atoms with Gasteiger partial charge < -0.3 is 50.3 Å². The molecule has 1 aliphatic rings. The Morgan fingerprint density at radius 2 is 1.62 bits per heavy atom. The molecule has 2 aromatic rings. The molecular weight excluding hydrogens is 428 g/mol. The summed E-state index contributed by atoms with van der Waals surface area (Å²) >= 11 is 0. The van der Waals surface area contributed by atoms with Gasteiger partial charge in [-0.3, -0.25) is 4.79 Å². The van der Waals surface area contributed by atoms with E-state index in [0.717, 1.165) is 18.2 Å². The summed E-state index contributed by atoms with van der Waals surface area (Å²) in [5.41, 5.74) is 0.0892. The number of carbonyl (C=O) groups excluding carboxylic acids is 1. The Hall–Kier alpha value is -3.35. The van der Waals surface area contributed by atoms with Gasteiger partial charge in [-0.25, -0.2) is 0 Å². The zero-order chi connectivity index (χ0) is 23.6. The van der Waals surface area contributed by atoms with Crippen molar-refractivity contribution in [2.75, 3.05) is 6.61 Å². The van der Waals surface area contributed by atoms with Crippen molar-refractivity contribution in [2.24, 2.45) is 0 Å². The maximum Gasteiger partial charge on any atom is 0.229 e. The monoisotopic (exact) mass is 450 g/mol. The van der Waals surface area contributed by atoms with Crippen LogP contribution in [0.3, 0.4) is 0 Å². The molecule has 3 rings (SSSR count). The highest BCUT2D eigenvalue weighted by atomic mass is 16.7. The molecule has 11 heteroatoms. The van der Waals surface area contributed by atoms with Crippen molar-refractivity contribution >= 4 is 11.9 Å². The van der Waals surface area contributed by atoms with Crippen LogP contribution in [0.25, 0.3) is 6.08 Å². The average molecular weight is 450 g/mol. The van der Waals surface area contributed by atoms with Crippen molar-refractivity contribution in [3.8, 4) is 28.7 Å². The summed E-state index contributed by atoms with van der Waals surface area (Å²) in [4.78, 5) is 12.5. The van der Waals surface area contributed by atoms with Crippen molar-refractivity contribution in [1.82, 2.24) is 0 Å². The quantitative estimate of drug-likeness (QED) is 0.162. The first-order valence-corrected chi connectivity index (χ1v) is 9.40. The average Bonchev–Trinajstić information content (AvgIpc) is 2.77. The molecule has 32 heavy (non-hydrogen) atoms. The molecule has 11 nitrogen and oxygen atoms in total. The van der Waals surface area contributed by atoms with Gasteiger partial charge in [0.05, 0.1) is 12.2 Å². The number of benzene rings is 2. The van der Waals surface area contributed by atoms with Crippen LogP contribution in [0.2, 0.25) is 0 Å².